The van der Waals surface area contributed by atoms with E-state index in [1.807, 2.05) is 13.8 Å². The number of methoxy groups -OCH3 is 1. The van der Waals surface area contributed by atoms with Crippen LogP contribution in [0, 0.1) is 5.41 Å². The number of aryl methyl sites for hydroxylation is 1. The highest BCUT2D eigenvalue weighted by atomic mass is 16.5. The Labute approximate surface area is 101 Å². The highest BCUT2D eigenvalue weighted by Gasteiger charge is 2.36. The Morgan fingerprint density at radius 2 is 2.06 bits per heavy atom. The van der Waals surface area contributed by atoms with Gasteiger partial charge in [0.25, 0.3) is 0 Å². The van der Waals surface area contributed by atoms with Gasteiger partial charge >= 0.3 is 5.97 Å². The maximum absolute atomic E-state index is 12.1. The molecule has 4 heteroatoms. The number of carbonyl (C=O) groups is 2. The molecule has 1 aliphatic carbocycles. The van der Waals surface area contributed by atoms with Gasteiger partial charge in [-0.05, 0) is 17.4 Å². The number of hydrogen-bond acceptors (Lipinski definition) is 3. The Kier molecular flexibility index (Phi) is 2.60. The lowest BCUT2D eigenvalue weighted by Gasteiger charge is -2.29. The van der Waals surface area contributed by atoms with Gasteiger partial charge in [0.15, 0.2) is 5.78 Å². The van der Waals surface area contributed by atoms with Crippen molar-refractivity contribution < 1.29 is 14.3 Å². The minimum atomic E-state index is -0.368. The summed E-state index contributed by atoms with van der Waals surface area (Å²) in [5.41, 5.74) is 1.92. The number of fused-ring (bicyclic) bond motifs is 1. The molecule has 0 aliphatic heterocycles. The van der Waals surface area contributed by atoms with Crippen molar-refractivity contribution in [2.75, 3.05) is 7.11 Å². The fraction of sp³-hybridized carbons (Fsp3) is 0.538. The zero-order chi connectivity index (χ0) is 12.8. The van der Waals surface area contributed by atoms with Crippen LogP contribution in [-0.2, 0) is 18.2 Å². The summed E-state index contributed by atoms with van der Waals surface area (Å²) < 4.78 is 6.49. The number of Topliss-reactive ketones (excluding diaryl/α,β-unsaturated/α-hetero) is 1. The van der Waals surface area contributed by atoms with E-state index < -0.39 is 0 Å². The SMILES string of the molecule is COC(=O)c1cn(C)c2c1CC(C)(C)CC2=O. The predicted molar refractivity (Wildman–Crippen MR) is 63.2 cm³/mol. The Hall–Kier alpha value is -1.58. The Bertz CT molecular complexity index is 497. The van der Waals surface area contributed by atoms with Gasteiger partial charge in [0, 0.05) is 19.7 Å². The first-order valence-electron chi connectivity index (χ1n) is 5.65. The molecule has 2 rings (SSSR count). The molecule has 92 valence electrons. The van der Waals surface area contributed by atoms with Crippen molar-refractivity contribution in [2.45, 2.75) is 26.7 Å². The maximum atomic E-state index is 12.1. The summed E-state index contributed by atoms with van der Waals surface area (Å²) in [6, 6.07) is 0. The third-order valence-corrected chi connectivity index (χ3v) is 3.25. The molecule has 0 saturated heterocycles. The number of aromatic nitrogens is 1. The number of esters is 1. The minimum absolute atomic E-state index is 0.0891. The van der Waals surface area contributed by atoms with Crippen LogP contribution >= 0.6 is 0 Å². The van der Waals surface area contributed by atoms with E-state index in [1.54, 1.807) is 17.8 Å². The van der Waals surface area contributed by atoms with Crippen LogP contribution in [0.5, 0.6) is 0 Å². The molecule has 0 spiro atoms. The molecule has 1 aromatic heterocycles. The normalized spacial score (nSPS) is 17.8. The van der Waals surface area contributed by atoms with Crippen molar-refractivity contribution in [2.24, 2.45) is 12.5 Å². The molecule has 0 amide bonds. The van der Waals surface area contributed by atoms with Crippen LogP contribution in [0.2, 0.25) is 0 Å². The fourth-order valence-electron chi connectivity index (χ4n) is 2.57. The molecule has 0 atom stereocenters. The number of carbonyl (C=O) groups excluding carboxylic acids is 2. The second kappa shape index (κ2) is 3.72. The minimum Gasteiger partial charge on any atom is -0.465 e. The molecule has 17 heavy (non-hydrogen) atoms. The quantitative estimate of drug-likeness (QED) is 0.699. The van der Waals surface area contributed by atoms with Gasteiger partial charge in [0.1, 0.15) is 0 Å². The van der Waals surface area contributed by atoms with Crippen LogP contribution in [0.25, 0.3) is 0 Å². The van der Waals surface area contributed by atoms with Crippen molar-refractivity contribution >= 4 is 11.8 Å². The van der Waals surface area contributed by atoms with Crippen molar-refractivity contribution in [1.29, 1.82) is 0 Å². The molecule has 1 aliphatic rings. The average molecular weight is 235 g/mol. The molecule has 1 heterocycles. The second-order valence-electron chi connectivity index (χ2n) is 5.41. The summed E-state index contributed by atoms with van der Waals surface area (Å²) in [5, 5.41) is 0. The third-order valence-electron chi connectivity index (χ3n) is 3.25. The predicted octanol–water partition coefficient (Wildman–Crippen LogP) is 1.97. The topological polar surface area (TPSA) is 48.3 Å². The van der Waals surface area contributed by atoms with Gasteiger partial charge in [-0.3, -0.25) is 4.79 Å². The number of ether oxygens (including phenoxy) is 1. The lowest BCUT2D eigenvalue weighted by molar-refractivity contribution is 0.0599. The molecule has 0 bridgehead atoms. The van der Waals surface area contributed by atoms with Crippen LogP contribution in [0.1, 0.15) is 46.7 Å². The molecular formula is C13H17NO3. The van der Waals surface area contributed by atoms with Gasteiger partial charge < -0.3 is 9.30 Å². The van der Waals surface area contributed by atoms with Crippen molar-refractivity contribution in [3.05, 3.63) is 23.0 Å². The first-order valence-corrected chi connectivity index (χ1v) is 5.65. The summed E-state index contributed by atoms with van der Waals surface area (Å²) in [7, 11) is 3.15. The summed E-state index contributed by atoms with van der Waals surface area (Å²) >= 11 is 0. The number of nitrogens with zero attached hydrogens (tertiary/aromatic N) is 1. The summed E-state index contributed by atoms with van der Waals surface area (Å²) in [6.45, 7) is 4.09. The molecule has 0 radical (unpaired) electrons. The lowest BCUT2D eigenvalue weighted by Crippen LogP contribution is -2.28. The van der Waals surface area contributed by atoms with Gasteiger partial charge in [0.2, 0.25) is 0 Å². The largest absolute Gasteiger partial charge is 0.465 e. The monoisotopic (exact) mass is 235 g/mol. The van der Waals surface area contributed by atoms with E-state index in [9.17, 15) is 9.59 Å². The Balaban J connectivity index is 2.58. The Morgan fingerprint density at radius 1 is 1.41 bits per heavy atom. The fourth-order valence-corrected chi connectivity index (χ4v) is 2.57. The van der Waals surface area contributed by atoms with Gasteiger partial charge in [0.05, 0.1) is 18.4 Å². The van der Waals surface area contributed by atoms with Crippen LogP contribution in [0.3, 0.4) is 0 Å². The van der Waals surface area contributed by atoms with Gasteiger partial charge in [-0.15, -0.1) is 0 Å². The van der Waals surface area contributed by atoms with Gasteiger partial charge in [-0.25, -0.2) is 4.79 Å². The zero-order valence-corrected chi connectivity index (χ0v) is 10.7. The highest BCUT2D eigenvalue weighted by Crippen LogP contribution is 2.37. The molecule has 4 nitrogen and oxygen atoms in total. The van der Waals surface area contributed by atoms with Crippen LogP contribution in [0.15, 0.2) is 6.20 Å². The van der Waals surface area contributed by atoms with E-state index in [0.717, 1.165) is 12.0 Å². The van der Waals surface area contributed by atoms with E-state index in [1.165, 1.54) is 7.11 Å². The standard InChI is InChI=1S/C13H17NO3/c1-13(2)5-8-9(12(16)17-4)7-14(3)11(8)10(15)6-13/h7H,5-6H2,1-4H3. The Morgan fingerprint density at radius 3 is 2.65 bits per heavy atom. The number of rotatable bonds is 1. The van der Waals surface area contributed by atoms with E-state index in [4.69, 9.17) is 4.74 Å². The van der Waals surface area contributed by atoms with Crippen LogP contribution in [-0.4, -0.2) is 23.4 Å². The first-order chi connectivity index (χ1) is 7.85. The van der Waals surface area contributed by atoms with E-state index in [-0.39, 0.29) is 17.2 Å². The molecule has 0 aromatic carbocycles. The molecule has 0 saturated carbocycles. The van der Waals surface area contributed by atoms with Crippen LogP contribution in [0.4, 0.5) is 0 Å². The zero-order valence-electron chi connectivity index (χ0n) is 10.7. The third kappa shape index (κ3) is 1.88. The van der Waals surface area contributed by atoms with Crippen molar-refractivity contribution in [3.8, 4) is 0 Å². The first kappa shape index (κ1) is 11.9. The summed E-state index contributed by atoms with van der Waals surface area (Å²) in [4.78, 5) is 23.7. The smallest absolute Gasteiger partial charge is 0.339 e. The van der Waals surface area contributed by atoms with E-state index in [0.29, 0.717) is 17.7 Å². The lowest BCUT2D eigenvalue weighted by atomic mass is 9.75. The van der Waals surface area contributed by atoms with Crippen molar-refractivity contribution in [1.82, 2.24) is 4.57 Å². The molecule has 1 aromatic rings. The molecular weight excluding hydrogens is 218 g/mol. The number of ketones is 1. The second-order valence-corrected chi connectivity index (χ2v) is 5.41. The summed E-state index contributed by atoms with van der Waals surface area (Å²) in [6.07, 6.45) is 2.95. The molecule has 0 fully saturated rings. The number of hydrogen-bond donors (Lipinski definition) is 0. The summed E-state index contributed by atoms with van der Waals surface area (Å²) in [5.74, 6) is -0.263. The molecule has 0 unspecified atom stereocenters. The average Bonchev–Trinajstić information content (AvgIpc) is 2.52. The molecule has 0 N–H and O–H groups in total. The van der Waals surface area contributed by atoms with E-state index in [2.05, 4.69) is 0 Å². The van der Waals surface area contributed by atoms with Gasteiger partial charge in [-0.2, -0.15) is 0 Å². The van der Waals surface area contributed by atoms with Crippen molar-refractivity contribution in [3.63, 3.8) is 0 Å². The van der Waals surface area contributed by atoms with Crippen LogP contribution < -0.4 is 0 Å². The van der Waals surface area contributed by atoms with E-state index >= 15 is 0 Å². The maximum Gasteiger partial charge on any atom is 0.339 e. The highest BCUT2D eigenvalue weighted by molar-refractivity contribution is 6.02. The van der Waals surface area contributed by atoms with Gasteiger partial charge in [-0.1, -0.05) is 13.8 Å².